The van der Waals surface area contributed by atoms with Gasteiger partial charge in [-0.3, -0.25) is 0 Å². The average Bonchev–Trinajstić information content (AvgIpc) is 2.62. The van der Waals surface area contributed by atoms with Crippen molar-refractivity contribution in [2.24, 2.45) is 0 Å². The summed E-state index contributed by atoms with van der Waals surface area (Å²) in [6.07, 6.45) is 0.268. The van der Waals surface area contributed by atoms with Crippen LogP contribution in [0.15, 0.2) is 51.7 Å². The van der Waals surface area contributed by atoms with Gasteiger partial charge in [-0.25, -0.2) is 9.59 Å². The molecule has 0 aliphatic carbocycles. The number of rotatable bonds is 5. The lowest BCUT2D eigenvalue weighted by Gasteiger charge is -2.16. The van der Waals surface area contributed by atoms with Gasteiger partial charge in [-0.1, -0.05) is 24.3 Å². The third-order valence-electron chi connectivity index (χ3n) is 4.03. The van der Waals surface area contributed by atoms with Gasteiger partial charge in [0, 0.05) is 6.42 Å². The number of hydrogen-bond donors (Lipinski definition) is 2. The van der Waals surface area contributed by atoms with Crippen LogP contribution in [0.4, 0.5) is 6.01 Å². The van der Waals surface area contributed by atoms with Crippen molar-refractivity contribution >= 4 is 22.9 Å². The Kier molecular flexibility index (Phi) is 4.88. The van der Waals surface area contributed by atoms with Crippen LogP contribution in [0.2, 0.25) is 0 Å². The van der Waals surface area contributed by atoms with E-state index in [1.807, 2.05) is 0 Å². The van der Waals surface area contributed by atoms with Crippen molar-refractivity contribution in [2.75, 3.05) is 12.4 Å². The predicted molar refractivity (Wildman–Crippen MR) is 96.3 cm³/mol. The van der Waals surface area contributed by atoms with E-state index in [9.17, 15) is 14.7 Å². The molecule has 7 heteroatoms. The minimum atomic E-state index is -0.803. The summed E-state index contributed by atoms with van der Waals surface area (Å²) in [4.78, 5) is 28.6. The zero-order chi connectivity index (χ0) is 18.7. The number of esters is 1. The SMILES string of the molecule is COC(=O)[C@H](Cc1ccc(O)cc1)Nc1nc2cccc(C)c2c(=O)o1. The van der Waals surface area contributed by atoms with E-state index in [0.717, 1.165) is 11.1 Å². The maximum atomic E-state index is 12.2. The number of aromatic nitrogens is 1. The molecule has 134 valence electrons. The third-order valence-corrected chi connectivity index (χ3v) is 4.03. The Hall–Kier alpha value is -3.35. The molecule has 1 aromatic heterocycles. The first kappa shape index (κ1) is 17.5. The highest BCUT2D eigenvalue weighted by Crippen LogP contribution is 2.17. The largest absolute Gasteiger partial charge is 0.508 e. The van der Waals surface area contributed by atoms with Crippen molar-refractivity contribution in [3.8, 4) is 5.75 Å². The summed E-state index contributed by atoms with van der Waals surface area (Å²) in [6.45, 7) is 1.80. The van der Waals surface area contributed by atoms with Gasteiger partial charge in [0.15, 0.2) is 0 Å². The second-order valence-corrected chi connectivity index (χ2v) is 5.87. The molecule has 3 rings (SSSR count). The zero-order valence-electron chi connectivity index (χ0n) is 14.4. The lowest BCUT2D eigenvalue weighted by molar-refractivity contribution is -0.141. The van der Waals surface area contributed by atoms with E-state index in [2.05, 4.69) is 10.3 Å². The van der Waals surface area contributed by atoms with Crippen LogP contribution in [0.25, 0.3) is 10.9 Å². The van der Waals surface area contributed by atoms with Gasteiger partial charge in [-0.05, 0) is 36.2 Å². The summed E-state index contributed by atoms with van der Waals surface area (Å²) in [5.74, 6) is -0.388. The van der Waals surface area contributed by atoms with Crippen molar-refractivity contribution in [1.29, 1.82) is 0 Å². The minimum Gasteiger partial charge on any atom is -0.508 e. The van der Waals surface area contributed by atoms with Crippen molar-refractivity contribution < 1.29 is 19.1 Å². The summed E-state index contributed by atoms with van der Waals surface area (Å²) in [5.41, 5.74) is 1.52. The molecule has 0 radical (unpaired) electrons. The Labute approximate surface area is 149 Å². The van der Waals surface area contributed by atoms with Crippen LogP contribution < -0.4 is 10.9 Å². The van der Waals surface area contributed by atoms with Crippen LogP contribution in [0.1, 0.15) is 11.1 Å². The molecule has 0 saturated carbocycles. The van der Waals surface area contributed by atoms with E-state index in [4.69, 9.17) is 9.15 Å². The summed E-state index contributed by atoms with van der Waals surface area (Å²) in [6, 6.07) is 10.9. The number of nitrogens with one attached hydrogen (secondary N) is 1. The second-order valence-electron chi connectivity index (χ2n) is 5.87. The Morgan fingerprint density at radius 3 is 2.69 bits per heavy atom. The van der Waals surface area contributed by atoms with E-state index in [1.165, 1.54) is 19.2 Å². The molecule has 0 amide bonds. The number of carbonyl (C=O) groups is 1. The molecule has 0 saturated heterocycles. The average molecular weight is 354 g/mol. The molecule has 2 aromatic carbocycles. The van der Waals surface area contributed by atoms with Crippen LogP contribution in [-0.2, 0) is 16.0 Å². The van der Waals surface area contributed by atoms with E-state index in [0.29, 0.717) is 10.9 Å². The number of hydrogen-bond acceptors (Lipinski definition) is 7. The number of phenolic OH excluding ortho intramolecular Hbond substituents is 1. The first-order chi connectivity index (χ1) is 12.5. The molecule has 2 N–H and O–H groups in total. The third kappa shape index (κ3) is 3.66. The topological polar surface area (TPSA) is 102 Å². The maximum absolute atomic E-state index is 12.2. The molecule has 0 unspecified atom stereocenters. The van der Waals surface area contributed by atoms with Crippen molar-refractivity contribution in [1.82, 2.24) is 4.98 Å². The molecule has 0 aliphatic heterocycles. The quantitative estimate of drug-likeness (QED) is 0.678. The van der Waals surface area contributed by atoms with Crippen molar-refractivity contribution in [3.63, 3.8) is 0 Å². The number of nitrogens with zero attached hydrogens (tertiary/aromatic N) is 1. The van der Waals surface area contributed by atoms with Gasteiger partial charge in [0.1, 0.15) is 11.8 Å². The van der Waals surface area contributed by atoms with Gasteiger partial charge < -0.3 is 19.6 Å². The second kappa shape index (κ2) is 7.26. The summed E-state index contributed by atoms with van der Waals surface area (Å²) < 4.78 is 10.0. The maximum Gasteiger partial charge on any atom is 0.348 e. The van der Waals surface area contributed by atoms with E-state index in [1.54, 1.807) is 37.3 Å². The fraction of sp³-hybridized carbons (Fsp3) is 0.211. The number of benzene rings is 2. The number of phenols is 1. The van der Waals surface area contributed by atoms with Gasteiger partial charge >= 0.3 is 11.6 Å². The molecule has 26 heavy (non-hydrogen) atoms. The van der Waals surface area contributed by atoms with Gasteiger partial charge in [0.2, 0.25) is 0 Å². The lowest BCUT2D eigenvalue weighted by Crippen LogP contribution is -2.33. The highest BCUT2D eigenvalue weighted by molar-refractivity contribution is 5.82. The molecular weight excluding hydrogens is 336 g/mol. The Morgan fingerprint density at radius 2 is 2.00 bits per heavy atom. The Bertz CT molecular complexity index is 995. The lowest BCUT2D eigenvalue weighted by atomic mass is 10.1. The van der Waals surface area contributed by atoms with Gasteiger partial charge in [0.05, 0.1) is 18.0 Å². The van der Waals surface area contributed by atoms with Crippen LogP contribution in [-0.4, -0.2) is 29.2 Å². The van der Waals surface area contributed by atoms with Crippen molar-refractivity contribution in [3.05, 3.63) is 64.0 Å². The number of ether oxygens (including phenoxy) is 1. The first-order valence-electron chi connectivity index (χ1n) is 8.00. The number of anilines is 1. The highest BCUT2D eigenvalue weighted by Gasteiger charge is 2.22. The summed E-state index contributed by atoms with van der Waals surface area (Å²) in [7, 11) is 1.28. The van der Waals surface area contributed by atoms with E-state index < -0.39 is 17.6 Å². The van der Waals surface area contributed by atoms with Crippen LogP contribution in [0.3, 0.4) is 0 Å². The van der Waals surface area contributed by atoms with Crippen LogP contribution >= 0.6 is 0 Å². The van der Waals surface area contributed by atoms with E-state index in [-0.39, 0.29) is 18.2 Å². The fourth-order valence-electron chi connectivity index (χ4n) is 2.70. The van der Waals surface area contributed by atoms with E-state index >= 15 is 0 Å². The normalized spacial score (nSPS) is 11.9. The van der Waals surface area contributed by atoms with Gasteiger partial charge in [-0.2, -0.15) is 4.98 Å². The Balaban J connectivity index is 1.91. The molecular formula is C19H18N2O5. The van der Waals surface area contributed by atoms with Gasteiger partial charge in [-0.15, -0.1) is 0 Å². The molecule has 0 spiro atoms. The van der Waals surface area contributed by atoms with Crippen molar-refractivity contribution in [2.45, 2.75) is 19.4 Å². The zero-order valence-corrected chi connectivity index (χ0v) is 14.4. The van der Waals surface area contributed by atoms with Gasteiger partial charge in [0.25, 0.3) is 6.01 Å². The number of aromatic hydroxyl groups is 1. The molecule has 1 atom stereocenters. The number of fused-ring (bicyclic) bond motifs is 1. The molecule has 0 fully saturated rings. The minimum absolute atomic E-state index is 0.0534. The molecule has 3 aromatic rings. The summed E-state index contributed by atoms with van der Waals surface area (Å²) in [5, 5.41) is 12.6. The molecule has 7 nitrogen and oxygen atoms in total. The number of carbonyl (C=O) groups excluding carboxylic acids is 1. The molecule has 0 bridgehead atoms. The highest BCUT2D eigenvalue weighted by atomic mass is 16.5. The summed E-state index contributed by atoms with van der Waals surface area (Å²) >= 11 is 0. The standard InChI is InChI=1S/C19H18N2O5/c1-11-4-3-5-14-16(11)18(24)26-19(20-14)21-15(17(23)25-2)10-12-6-8-13(22)9-7-12/h3-9,15,22H,10H2,1-2H3,(H,20,21)/t15-/m0/s1. The van der Waals surface area contributed by atoms with Crippen LogP contribution in [0, 0.1) is 6.92 Å². The predicted octanol–water partition coefficient (Wildman–Crippen LogP) is 2.40. The molecule has 1 heterocycles. The smallest absolute Gasteiger partial charge is 0.348 e. The molecule has 0 aliphatic rings. The van der Waals surface area contributed by atoms with Crippen LogP contribution in [0.5, 0.6) is 5.75 Å². The Morgan fingerprint density at radius 1 is 1.27 bits per heavy atom. The fourth-order valence-corrected chi connectivity index (χ4v) is 2.70. The number of methoxy groups -OCH3 is 1. The first-order valence-corrected chi connectivity index (χ1v) is 8.00. The number of aryl methyl sites for hydroxylation is 1. The monoisotopic (exact) mass is 354 g/mol.